The van der Waals surface area contributed by atoms with E-state index in [4.69, 9.17) is 9.72 Å². The normalized spacial score (nSPS) is 11.3. The molecule has 0 N–H and O–H groups in total. The molecule has 5 heteroatoms. The van der Waals surface area contributed by atoms with E-state index in [1.54, 1.807) is 7.11 Å². The second-order valence-electron chi connectivity index (χ2n) is 5.98. The molecule has 0 atom stereocenters. The van der Waals surface area contributed by atoms with Gasteiger partial charge in [0.2, 0.25) is 0 Å². The standard InChI is InChI=1S/C21H18N4O/c1-15-6-10-17(11-7-15)23-24-21-20(16-8-12-18(26-2)13-9-16)22-19-5-3-4-14-25(19)21/h3-14H,1-2H3. The number of aryl methyl sites for hydroxylation is 1. The minimum atomic E-state index is 0.700. The van der Waals surface area contributed by atoms with E-state index in [0.29, 0.717) is 5.82 Å². The molecule has 0 aliphatic heterocycles. The third kappa shape index (κ3) is 3.07. The molecule has 0 aliphatic rings. The first-order valence-corrected chi connectivity index (χ1v) is 8.34. The number of fused-ring (bicyclic) bond motifs is 1. The predicted octanol–water partition coefficient (Wildman–Crippen LogP) is 5.73. The molecule has 26 heavy (non-hydrogen) atoms. The van der Waals surface area contributed by atoms with Crippen LogP contribution in [0.1, 0.15) is 5.56 Å². The maximum absolute atomic E-state index is 5.24. The quantitative estimate of drug-likeness (QED) is 0.444. The number of nitrogens with zero attached hydrogens (tertiary/aromatic N) is 4. The van der Waals surface area contributed by atoms with Crippen LogP contribution in [0.3, 0.4) is 0 Å². The summed E-state index contributed by atoms with van der Waals surface area (Å²) in [5, 5.41) is 8.91. The molecule has 0 spiro atoms. The second-order valence-corrected chi connectivity index (χ2v) is 5.98. The van der Waals surface area contributed by atoms with Gasteiger partial charge in [-0.3, -0.25) is 4.40 Å². The van der Waals surface area contributed by atoms with Gasteiger partial charge in [0.25, 0.3) is 0 Å². The number of ether oxygens (including phenoxy) is 1. The monoisotopic (exact) mass is 342 g/mol. The van der Waals surface area contributed by atoms with Gasteiger partial charge in [0.1, 0.15) is 17.1 Å². The van der Waals surface area contributed by atoms with Crippen LogP contribution in [0.4, 0.5) is 11.5 Å². The first kappa shape index (κ1) is 16.0. The Morgan fingerprint density at radius 3 is 2.38 bits per heavy atom. The van der Waals surface area contributed by atoms with E-state index in [2.05, 4.69) is 10.2 Å². The molecule has 2 aromatic carbocycles. The van der Waals surface area contributed by atoms with Gasteiger partial charge in [-0.05, 0) is 55.5 Å². The number of pyridine rings is 1. The molecule has 0 amide bonds. The van der Waals surface area contributed by atoms with E-state index in [9.17, 15) is 0 Å². The summed E-state index contributed by atoms with van der Waals surface area (Å²) in [6.45, 7) is 2.05. The average Bonchev–Trinajstić information content (AvgIpc) is 3.06. The molecular formula is C21H18N4O. The number of imidazole rings is 1. The number of benzene rings is 2. The molecule has 4 rings (SSSR count). The van der Waals surface area contributed by atoms with Gasteiger partial charge in [-0.2, -0.15) is 0 Å². The Morgan fingerprint density at radius 1 is 0.885 bits per heavy atom. The number of azo groups is 1. The van der Waals surface area contributed by atoms with Crippen LogP contribution >= 0.6 is 0 Å². The third-order valence-corrected chi connectivity index (χ3v) is 4.16. The lowest BCUT2D eigenvalue weighted by atomic mass is 10.1. The van der Waals surface area contributed by atoms with Crippen LogP contribution in [0.15, 0.2) is 83.2 Å². The lowest BCUT2D eigenvalue weighted by Crippen LogP contribution is -1.83. The Kier molecular flexibility index (Phi) is 4.19. The second kappa shape index (κ2) is 6.80. The summed E-state index contributed by atoms with van der Waals surface area (Å²) < 4.78 is 7.18. The van der Waals surface area contributed by atoms with E-state index in [-0.39, 0.29) is 0 Å². The Morgan fingerprint density at radius 2 is 1.65 bits per heavy atom. The molecule has 128 valence electrons. The van der Waals surface area contributed by atoms with Gasteiger partial charge >= 0.3 is 0 Å². The first-order valence-electron chi connectivity index (χ1n) is 8.34. The Labute approximate surface area is 151 Å². The molecular weight excluding hydrogens is 324 g/mol. The largest absolute Gasteiger partial charge is 0.497 e. The zero-order chi connectivity index (χ0) is 17.9. The zero-order valence-corrected chi connectivity index (χ0v) is 14.6. The zero-order valence-electron chi connectivity index (χ0n) is 14.6. The maximum atomic E-state index is 5.24. The van der Waals surface area contributed by atoms with E-state index >= 15 is 0 Å². The van der Waals surface area contributed by atoms with Gasteiger partial charge in [-0.15, -0.1) is 10.2 Å². The highest BCUT2D eigenvalue weighted by molar-refractivity contribution is 5.74. The van der Waals surface area contributed by atoms with Crippen LogP contribution < -0.4 is 4.74 Å². The summed E-state index contributed by atoms with van der Waals surface area (Å²) in [5.74, 6) is 1.51. The van der Waals surface area contributed by atoms with Gasteiger partial charge in [-0.1, -0.05) is 23.8 Å². The number of hydrogen-bond acceptors (Lipinski definition) is 4. The van der Waals surface area contributed by atoms with Crippen molar-refractivity contribution >= 4 is 17.2 Å². The summed E-state index contributed by atoms with van der Waals surface area (Å²) in [6, 6.07) is 21.6. The van der Waals surface area contributed by atoms with Crippen LogP contribution in [-0.2, 0) is 0 Å². The highest BCUT2D eigenvalue weighted by Crippen LogP contribution is 2.33. The molecule has 0 saturated carbocycles. The Balaban J connectivity index is 1.82. The average molecular weight is 342 g/mol. The molecule has 0 fully saturated rings. The van der Waals surface area contributed by atoms with Gasteiger partial charge in [0.15, 0.2) is 5.82 Å². The van der Waals surface area contributed by atoms with Crippen LogP contribution in [0, 0.1) is 6.92 Å². The van der Waals surface area contributed by atoms with Gasteiger partial charge in [0, 0.05) is 11.8 Å². The highest BCUT2D eigenvalue weighted by atomic mass is 16.5. The van der Waals surface area contributed by atoms with E-state index < -0.39 is 0 Å². The van der Waals surface area contributed by atoms with Crippen LogP contribution in [-0.4, -0.2) is 16.5 Å². The number of methoxy groups -OCH3 is 1. The van der Waals surface area contributed by atoms with Crippen molar-refractivity contribution in [3.63, 3.8) is 0 Å². The van der Waals surface area contributed by atoms with Gasteiger partial charge in [0.05, 0.1) is 12.8 Å². The van der Waals surface area contributed by atoms with Crippen molar-refractivity contribution in [3.05, 3.63) is 78.5 Å². The SMILES string of the molecule is COc1ccc(-c2nc3ccccn3c2N=Nc2ccc(C)cc2)cc1. The summed E-state index contributed by atoms with van der Waals surface area (Å²) in [7, 11) is 1.65. The third-order valence-electron chi connectivity index (χ3n) is 4.16. The molecule has 5 nitrogen and oxygen atoms in total. The van der Waals surface area contributed by atoms with Crippen molar-refractivity contribution in [2.45, 2.75) is 6.92 Å². The van der Waals surface area contributed by atoms with Crippen molar-refractivity contribution < 1.29 is 4.74 Å². The topological polar surface area (TPSA) is 51.2 Å². The Hall–Kier alpha value is -3.47. The molecule has 0 aliphatic carbocycles. The van der Waals surface area contributed by atoms with Crippen LogP contribution in [0.5, 0.6) is 5.75 Å². The van der Waals surface area contributed by atoms with Crippen molar-refractivity contribution in [1.29, 1.82) is 0 Å². The maximum Gasteiger partial charge on any atom is 0.187 e. The number of aromatic nitrogens is 2. The Bertz CT molecular complexity index is 1060. The molecule has 2 heterocycles. The smallest absolute Gasteiger partial charge is 0.187 e. The van der Waals surface area contributed by atoms with Gasteiger partial charge < -0.3 is 4.74 Å². The molecule has 4 aromatic rings. The number of rotatable bonds is 4. The lowest BCUT2D eigenvalue weighted by Gasteiger charge is -2.02. The van der Waals surface area contributed by atoms with Crippen LogP contribution in [0.2, 0.25) is 0 Å². The molecule has 0 radical (unpaired) electrons. The minimum Gasteiger partial charge on any atom is -0.497 e. The van der Waals surface area contributed by atoms with E-state index in [1.807, 2.05) is 84.3 Å². The molecule has 0 unspecified atom stereocenters. The highest BCUT2D eigenvalue weighted by Gasteiger charge is 2.13. The summed E-state index contributed by atoms with van der Waals surface area (Å²) in [5.41, 5.74) is 4.58. The van der Waals surface area contributed by atoms with E-state index in [0.717, 1.165) is 28.3 Å². The van der Waals surface area contributed by atoms with Gasteiger partial charge in [-0.25, -0.2) is 4.98 Å². The fourth-order valence-electron chi connectivity index (χ4n) is 2.74. The first-order chi connectivity index (χ1) is 12.7. The van der Waals surface area contributed by atoms with Crippen LogP contribution in [0.25, 0.3) is 16.9 Å². The van der Waals surface area contributed by atoms with Crippen molar-refractivity contribution in [3.8, 4) is 17.0 Å². The lowest BCUT2D eigenvalue weighted by molar-refractivity contribution is 0.415. The molecule has 2 aromatic heterocycles. The fraction of sp³-hybridized carbons (Fsp3) is 0.0952. The van der Waals surface area contributed by atoms with Crippen molar-refractivity contribution in [2.75, 3.05) is 7.11 Å². The molecule has 0 saturated heterocycles. The van der Waals surface area contributed by atoms with E-state index in [1.165, 1.54) is 5.56 Å². The summed E-state index contributed by atoms with van der Waals surface area (Å²) in [4.78, 5) is 4.73. The molecule has 0 bridgehead atoms. The summed E-state index contributed by atoms with van der Waals surface area (Å²) >= 11 is 0. The minimum absolute atomic E-state index is 0.700. The number of hydrogen-bond donors (Lipinski definition) is 0. The fourth-order valence-corrected chi connectivity index (χ4v) is 2.74. The van der Waals surface area contributed by atoms with Crippen molar-refractivity contribution in [1.82, 2.24) is 9.38 Å². The van der Waals surface area contributed by atoms with Crippen molar-refractivity contribution in [2.24, 2.45) is 10.2 Å². The summed E-state index contributed by atoms with van der Waals surface area (Å²) in [6.07, 6.45) is 1.94. The predicted molar refractivity (Wildman–Crippen MR) is 103 cm³/mol.